The number of anilines is 1. The van der Waals surface area contributed by atoms with Crippen molar-refractivity contribution < 1.29 is 24.2 Å². The smallest absolute Gasteiger partial charge is 0.413 e. The second-order valence-electron chi connectivity index (χ2n) is 7.82. The van der Waals surface area contributed by atoms with E-state index >= 15 is 0 Å². The number of carbonyl (C=O) groups excluding carboxylic acids is 2. The Labute approximate surface area is 187 Å². The minimum atomic E-state index is -1.18. The van der Waals surface area contributed by atoms with Crippen LogP contribution in [-0.2, 0) is 9.53 Å². The number of hydrogen-bond donors (Lipinski definition) is 3. The summed E-state index contributed by atoms with van der Waals surface area (Å²) in [6.45, 7) is 0.166. The zero-order chi connectivity index (χ0) is 22.3. The van der Waals surface area contributed by atoms with E-state index < -0.39 is 23.5 Å². The number of nitrogens with zero attached hydrogens (tertiary/aromatic N) is 1. The lowest BCUT2D eigenvalue weighted by Crippen LogP contribution is -2.42. The molecule has 1 saturated carbocycles. The van der Waals surface area contributed by atoms with Gasteiger partial charge in [0.05, 0.1) is 6.20 Å². The Bertz CT molecular complexity index is 1190. The first-order chi connectivity index (χ1) is 15.5. The molecule has 0 bridgehead atoms. The molecule has 0 aliphatic heterocycles. The fourth-order valence-electron chi connectivity index (χ4n) is 3.95. The van der Waals surface area contributed by atoms with Gasteiger partial charge in [0, 0.05) is 5.92 Å². The van der Waals surface area contributed by atoms with Gasteiger partial charge < -0.3 is 15.2 Å². The molecule has 9 heteroatoms. The van der Waals surface area contributed by atoms with Crippen molar-refractivity contribution in [2.75, 3.05) is 11.9 Å². The van der Waals surface area contributed by atoms with Crippen molar-refractivity contribution in [2.45, 2.75) is 24.3 Å². The number of thiazole rings is 1. The van der Waals surface area contributed by atoms with Gasteiger partial charge in [0.15, 0.2) is 5.13 Å². The summed E-state index contributed by atoms with van der Waals surface area (Å²) in [5.41, 5.74) is 3.33. The van der Waals surface area contributed by atoms with E-state index in [9.17, 15) is 19.5 Å². The third-order valence-electron chi connectivity index (χ3n) is 5.79. The molecule has 0 unspecified atom stereocenters. The zero-order valence-corrected chi connectivity index (χ0v) is 17.6. The van der Waals surface area contributed by atoms with E-state index in [4.69, 9.17) is 4.74 Å². The Morgan fingerprint density at radius 2 is 1.69 bits per heavy atom. The number of rotatable bonds is 6. The average Bonchev–Trinajstić information content (AvgIpc) is 3.31. The monoisotopic (exact) mass is 449 g/mol. The van der Waals surface area contributed by atoms with E-state index in [2.05, 4.69) is 27.8 Å². The largest absolute Gasteiger partial charge is 0.480 e. The van der Waals surface area contributed by atoms with Crippen LogP contribution < -0.4 is 10.6 Å². The van der Waals surface area contributed by atoms with Gasteiger partial charge in [-0.15, -0.1) is 0 Å². The Morgan fingerprint density at radius 3 is 2.28 bits per heavy atom. The van der Waals surface area contributed by atoms with Crippen molar-refractivity contribution in [3.63, 3.8) is 0 Å². The van der Waals surface area contributed by atoms with E-state index in [0.29, 0.717) is 12.8 Å². The molecule has 3 N–H and O–H groups in total. The molecular formula is C23H19N3O5S. The molecule has 0 radical (unpaired) electrons. The predicted molar refractivity (Wildman–Crippen MR) is 118 cm³/mol. The summed E-state index contributed by atoms with van der Waals surface area (Å²) >= 11 is 0.957. The molecule has 3 aromatic rings. The number of carboxylic acids is 1. The first-order valence-electron chi connectivity index (χ1n) is 10.1. The van der Waals surface area contributed by atoms with Gasteiger partial charge in [-0.2, -0.15) is 0 Å². The summed E-state index contributed by atoms with van der Waals surface area (Å²) in [5, 5.41) is 14.5. The van der Waals surface area contributed by atoms with Crippen LogP contribution >= 0.6 is 11.3 Å². The van der Waals surface area contributed by atoms with Crippen LogP contribution in [0.15, 0.2) is 54.7 Å². The van der Waals surface area contributed by atoms with Crippen LogP contribution in [0.2, 0.25) is 0 Å². The van der Waals surface area contributed by atoms with Crippen molar-refractivity contribution in [1.29, 1.82) is 0 Å². The maximum absolute atomic E-state index is 12.4. The van der Waals surface area contributed by atoms with Gasteiger partial charge in [-0.05, 0) is 35.1 Å². The summed E-state index contributed by atoms with van der Waals surface area (Å²) < 4.78 is 5.47. The van der Waals surface area contributed by atoms with Gasteiger partial charge in [0.1, 0.15) is 17.0 Å². The normalized spacial score (nSPS) is 15.4. The number of fused-ring (bicyclic) bond motifs is 3. The zero-order valence-electron chi connectivity index (χ0n) is 16.8. The van der Waals surface area contributed by atoms with Crippen molar-refractivity contribution >= 4 is 34.4 Å². The van der Waals surface area contributed by atoms with Gasteiger partial charge in [0.25, 0.3) is 5.91 Å². The minimum absolute atomic E-state index is 0.0588. The van der Waals surface area contributed by atoms with Gasteiger partial charge in [-0.3, -0.25) is 10.1 Å². The number of amides is 2. The Hall–Kier alpha value is -3.72. The average molecular weight is 449 g/mol. The molecule has 2 aromatic carbocycles. The number of carboxylic acid groups (broad SMARTS) is 1. The third-order valence-corrected chi connectivity index (χ3v) is 6.71. The van der Waals surface area contributed by atoms with Crippen molar-refractivity contribution in [3.05, 3.63) is 70.7 Å². The lowest BCUT2D eigenvalue weighted by Gasteiger charge is -2.14. The molecule has 1 aromatic heterocycles. The molecule has 0 saturated heterocycles. The first kappa shape index (κ1) is 20.2. The highest BCUT2D eigenvalue weighted by Crippen LogP contribution is 2.44. The molecular weight excluding hydrogens is 430 g/mol. The second-order valence-corrected chi connectivity index (χ2v) is 8.85. The quantitative estimate of drug-likeness (QED) is 0.526. The van der Waals surface area contributed by atoms with Crippen molar-refractivity contribution in [3.8, 4) is 11.1 Å². The van der Waals surface area contributed by atoms with Crippen LogP contribution in [0.4, 0.5) is 9.93 Å². The molecule has 2 amide bonds. The molecule has 0 atom stereocenters. The topological polar surface area (TPSA) is 118 Å². The van der Waals surface area contributed by atoms with Gasteiger partial charge in [0.2, 0.25) is 0 Å². The highest BCUT2D eigenvalue weighted by atomic mass is 32.1. The van der Waals surface area contributed by atoms with Crippen LogP contribution in [0.5, 0.6) is 0 Å². The minimum Gasteiger partial charge on any atom is -0.480 e. The van der Waals surface area contributed by atoms with Gasteiger partial charge in [-0.25, -0.2) is 14.6 Å². The Kier molecular flexibility index (Phi) is 4.90. The number of aliphatic carboxylic acids is 1. The number of nitrogens with one attached hydrogen (secondary N) is 2. The summed E-state index contributed by atoms with van der Waals surface area (Å²) in [6.07, 6.45) is 1.43. The van der Waals surface area contributed by atoms with Crippen molar-refractivity contribution in [2.24, 2.45) is 0 Å². The molecule has 32 heavy (non-hydrogen) atoms. The van der Waals surface area contributed by atoms with E-state index in [1.165, 1.54) is 6.20 Å². The third kappa shape index (κ3) is 3.60. The lowest BCUT2D eigenvalue weighted by atomic mass is 9.98. The summed E-state index contributed by atoms with van der Waals surface area (Å²) in [7, 11) is 0. The van der Waals surface area contributed by atoms with E-state index in [1.807, 2.05) is 36.4 Å². The fourth-order valence-corrected chi connectivity index (χ4v) is 4.65. The molecule has 2 aliphatic rings. The van der Waals surface area contributed by atoms with E-state index in [-0.39, 0.29) is 22.5 Å². The number of benzene rings is 2. The number of aromatic nitrogens is 1. The van der Waals surface area contributed by atoms with Crippen LogP contribution in [-0.4, -0.2) is 40.2 Å². The maximum atomic E-state index is 12.4. The number of carbonyl (C=O) groups is 3. The second kappa shape index (κ2) is 7.76. The highest BCUT2D eigenvalue weighted by Gasteiger charge is 2.51. The first-order valence-corrected chi connectivity index (χ1v) is 10.9. The number of ether oxygens (including phenoxy) is 1. The summed E-state index contributed by atoms with van der Waals surface area (Å²) in [5.74, 6) is -1.63. The standard InChI is InChI=1S/C23H19N3O5S/c27-19(26-23(9-10-23)20(28)29)18-11-24-21(32-18)25-22(30)31-12-17-15-7-3-1-5-13(15)14-6-2-4-8-16(14)17/h1-8,11,17H,9-10,12H2,(H,26,27)(H,28,29)(H,24,25,30). The van der Waals surface area contributed by atoms with E-state index in [1.54, 1.807) is 0 Å². The fraction of sp³-hybridized carbons (Fsp3) is 0.217. The SMILES string of the molecule is O=C(Nc1ncc(C(=O)NC2(C(=O)O)CC2)s1)OCC1c2ccccc2-c2ccccc21. The molecule has 2 aliphatic carbocycles. The molecule has 1 fully saturated rings. The maximum Gasteiger partial charge on any atom is 0.413 e. The van der Waals surface area contributed by atoms with Gasteiger partial charge >= 0.3 is 12.1 Å². The lowest BCUT2D eigenvalue weighted by molar-refractivity contribution is -0.140. The molecule has 0 spiro atoms. The van der Waals surface area contributed by atoms with Crippen LogP contribution in [0.3, 0.4) is 0 Å². The molecule has 5 rings (SSSR count). The Balaban J connectivity index is 1.21. The molecule has 162 valence electrons. The Morgan fingerprint density at radius 1 is 1.06 bits per heavy atom. The van der Waals surface area contributed by atoms with E-state index in [0.717, 1.165) is 33.6 Å². The van der Waals surface area contributed by atoms with Crippen LogP contribution in [0.1, 0.15) is 39.6 Å². The van der Waals surface area contributed by atoms with Crippen molar-refractivity contribution in [1.82, 2.24) is 10.3 Å². The van der Waals surface area contributed by atoms with Crippen LogP contribution in [0.25, 0.3) is 11.1 Å². The highest BCUT2D eigenvalue weighted by molar-refractivity contribution is 7.17. The summed E-state index contributed by atoms with van der Waals surface area (Å²) in [6, 6.07) is 16.1. The molecule has 8 nitrogen and oxygen atoms in total. The summed E-state index contributed by atoms with van der Waals surface area (Å²) in [4.78, 5) is 40.1. The molecule has 1 heterocycles. The van der Waals surface area contributed by atoms with Crippen LogP contribution in [0, 0.1) is 0 Å². The van der Waals surface area contributed by atoms with Gasteiger partial charge in [-0.1, -0.05) is 59.9 Å². The number of hydrogen-bond acceptors (Lipinski definition) is 6. The predicted octanol–water partition coefficient (Wildman–Crippen LogP) is 3.85.